The molecule has 2 N–H and O–H groups in total. The molecule has 0 heterocycles. The summed E-state index contributed by atoms with van der Waals surface area (Å²) < 4.78 is 16.4. The molecule has 0 saturated carbocycles. The Morgan fingerprint density at radius 1 is 1.00 bits per heavy atom. The van der Waals surface area contributed by atoms with Crippen LogP contribution in [0.25, 0.3) is 32.3 Å². The number of methoxy groups -OCH3 is 1. The molecule has 4 aromatic carbocycles. The maximum absolute atomic E-state index is 12.2. The molecule has 4 aromatic rings. The minimum absolute atomic E-state index is 0.314. The second-order valence-electron chi connectivity index (χ2n) is 6.08. The number of carbonyl (C=O) groups excluding carboxylic acids is 1. The summed E-state index contributed by atoms with van der Waals surface area (Å²) in [7, 11) is -2.83. The molecule has 0 unspecified atom stereocenters. The van der Waals surface area contributed by atoms with Crippen molar-refractivity contribution < 1.29 is 23.9 Å². The third-order valence-electron chi connectivity index (χ3n) is 4.52. The van der Waals surface area contributed by atoms with Gasteiger partial charge < -0.3 is 14.5 Å². The fourth-order valence-electron chi connectivity index (χ4n) is 3.53. The molecule has 0 aliphatic rings. The molecule has 5 nitrogen and oxygen atoms in total. The van der Waals surface area contributed by atoms with Gasteiger partial charge in [-0.3, -0.25) is 4.57 Å². The largest absolute Gasteiger partial charge is 0.465 e. The van der Waals surface area contributed by atoms with Crippen LogP contribution < -0.4 is 0 Å². The van der Waals surface area contributed by atoms with Gasteiger partial charge in [0.25, 0.3) is 0 Å². The lowest BCUT2D eigenvalue weighted by molar-refractivity contribution is 0.0603. The van der Waals surface area contributed by atoms with E-state index in [1.54, 1.807) is 18.2 Å². The average molecular weight is 354 g/mol. The summed E-state index contributed by atoms with van der Waals surface area (Å²) in [6.45, 7) is 0. The van der Waals surface area contributed by atoms with Gasteiger partial charge in [-0.05, 0) is 43.9 Å². The van der Waals surface area contributed by atoms with Gasteiger partial charge in [0.05, 0.1) is 18.8 Å². The maximum atomic E-state index is 12.2. The van der Waals surface area contributed by atoms with Crippen LogP contribution in [0.4, 0.5) is 0 Å². The molecule has 4 rings (SSSR count). The highest BCUT2D eigenvalue weighted by Gasteiger charge is 2.20. The fourth-order valence-corrected chi connectivity index (χ4v) is 4.25. The second-order valence-corrected chi connectivity index (χ2v) is 7.72. The van der Waals surface area contributed by atoms with E-state index in [-0.39, 0.29) is 6.16 Å². The van der Waals surface area contributed by atoms with Crippen molar-refractivity contribution in [3.8, 4) is 0 Å². The summed E-state index contributed by atoms with van der Waals surface area (Å²) in [5.74, 6) is -0.408. The van der Waals surface area contributed by atoms with Crippen molar-refractivity contribution in [2.45, 2.75) is 6.16 Å². The SMILES string of the molecule is COC(=O)c1cc2ccc(CP(=O)(O)O)c3ccc4cccc1c4c23. The molecular weight excluding hydrogens is 339 g/mol. The highest BCUT2D eigenvalue weighted by molar-refractivity contribution is 7.50. The van der Waals surface area contributed by atoms with Gasteiger partial charge in [0.15, 0.2) is 0 Å². The summed E-state index contributed by atoms with van der Waals surface area (Å²) in [5, 5.41) is 5.19. The third-order valence-corrected chi connectivity index (χ3v) is 5.27. The van der Waals surface area contributed by atoms with Crippen LogP contribution in [0.1, 0.15) is 15.9 Å². The molecule has 6 heteroatoms. The average Bonchev–Trinajstić information content (AvgIpc) is 2.58. The molecule has 0 spiro atoms. The molecule has 0 aliphatic carbocycles. The second kappa shape index (κ2) is 5.53. The van der Waals surface area contributed by atoms with Crippen LogP contribution in [0.5, 0.6) is 0 Å². The summed E-state index contributed by atoms with van der Waals surface area (Å²) in [6.07, 6.45) is -0.314. The molecule has 0 atom stereocenters. The van der Waals surface area contributed by atoms with Crippen molar-refractivity contribution >= 4 is 45.9 Å². The van der Waals surface area contributed by atoms with Gasteiger partial charge >= 0.3 is 13.6 Å². The van der Waals surface area contributed by atoms with Crippen LogP contribution in [0, 0.1) is 0 Å². The van der Waals surface area contributed by atoms with Crippen LogP contribution in [0.2, 0.25) is 0 Å². The topological polar surface area (TPSA) is 83.8 Å². The molecule has 0 fully saturated rings. The minimum atomic E-state index is -4.18. The van der Waals surface area contributed by atoms with Crippen molar-refractivity contribution in [1.29, 1.82) is 0 Å². The lowest BCUT2D eigenvalue weighted by Gasteiger charge is -2.16. The number of hydrogen-bond donors (Lipinski definition) is 2. The van der Waals surface area contributed by atoms with Gasteiger partial charge in [0.2, 0.25) is 0 Å². The molecule has 0 saturated heterocycles. The highest BCUT2D eigenvalue weighted by atomic mass is 31.2. The zero-order valence-electron chi connectivity index (χ0n) is 13.4. The number of benzene rings is 4. The van der Waals surface area contributed by atoms with Gasteiger partial charge in [0, 0.05) is 0 Å². The molecule has 126 valence electrons. The third kappa shape index (κ3) is 2.57. The van der Waals surface area contributed by atoms with Crippen LogP contribution in [-0.4, -0.2) is 22.9 Å². The first-order chi connectivity index (χ1) is 11.9. The summed E-state index contributed by atoms with van der Waals surface area (Å²) >= 11 is 0. The van der Waals surface area contributed by atoms with Crippen molar-refractivity contribution in [3.05, 3.63) is 59.7 Å². The molecule has 0 aromatic heterocycles. The lowest BCUT2D eigenvalue weighted by atomic mass is 9.90. The van der Waals surface area contributed by atoms with Crippen LogP contribution >= 0.6 is 7.60 Å². The van der Waals surface area contributed by atoms with Crippen LogP contribution in [0.3, 0.4) is 0 Å². The zero-order valence-corrected chi connectivity index (χ0v) is 14.3. The van der Waals surface area contributed by atoms with Gasteiger partial charge in [-0.15, -0.1) is 0 Å². The lowest BCUT2D eigenvalue weighted by Crippen LogP contribution is -2.03. The van der Waals surface area contributed by atoms with E-state index in [0.717, 1.165) is 32.3 Å². The fraction of sp³-hybridized carbons (Fsp3) is 0.105. The van der Waals surface area contributed by atoms with E-state index in [4.69, 9.17) is 4.74 Å². The van der Waals surface area contributed by atoms with Crippen molar-refractivity contribution in [2.24, 2.45) is 0 Å². The molecular formula is C19H15O5P. The zero-order chi connectivity index (χ0) is 17.8. The van der Waals surface area contributed by atoms with E-state index in [2.05, 4.69) is 0 Å². The predicted octanol–water partition coefficient (Wildman–Crippen LogP) is 4.05. The Labute approximate surface area is 143 Å². The quantitative estimate of drug-likeness (QED) is 0.329. The molecule has 0 amide bonds. The summed E-state index contributed by atoms with van der Waals surface area (Å²) in [6, 6.07) is 14.8. The van der Waals surface area contributed by atoms with Crippen molar-refractivity contribution in [2.75, 3.05) is 7.11 Å². The summed E-state index contributed by atoms with van der Waals surface area (Å²) in [5.41, 5.74) is 1.08. The van der Waals surface area contributed by atoms with Gasteiger partial charge in [-0.2, -0.15) is 0 Å². The number of rotatable bonds is 3. The Balaban J connectivity index is 2.17. The van der Waals surface area contributed by atoms with E-state index >= 15 is 0 Å². The van der Waals surface area contributed by atoms with E-state index in [9.17, 15) is 19.1 Å². The van der Waals surface area contributed by atoms with Gasteiger partial charge in [-0.25, -0.2) is 4.79 Å². The Kier molecular flexibility index (Phi) is 3.55. The Bertz CT molecular complexity index is 1170. The van der Waals surface area contributed by atoms with Gasteiger partial charge in [0.1, 0.15) is 0 Å². The minimum Gasteiger partial charge on any atom is -0.465 e. The normalized spacial score (nSPS) is 12.3. The Hall–Kier alpha value is -2.46. The monoisotopic (exact) mass is 354 g/mol. The molecule has 0 aliphatic heterocycles. The van der Waals surface area contributed by atoms with E-state index in [0.29, 0.717) is 11.1 Å². The number of hydrogen-bond acceptors (Lipinski definition) is 3. The summed E-state index contributed by atoms with van der Waals surface area (Å²) in [4.78, 5) is 30.9. The molecule has 0 radical (unpaired) electrons. The van der Waals surface area contributed by atoms with E-state index in [1.165, 1.54) is 7.11 Å². The Morgan fingerprint density at radius 3 is 2.44 bits per heavy atom. The van der Waals surface area contributed by atoms with Gasteiger partial charge in [-0.1, -0.05) is 42.5 Å². The predicted molar refractivity (Wildman–Crippen MR) is 97.2 cm³/mol. The number of esters is 1. The van der Waals surface area contributed by atoms with Crippen LogP contribution in [0.15, 0.2) is 48.5 Å². The first kappa shape index (κ1) is 16.0. The molecule has 0 bridgehead atoms. The van der Waals surface area contributed by atoms with E-state index in [1.807, 2.05) is 30.3 Å². The molecule has 25 heavy (non-hydrogen) atoms. The number of carbonyl (C=O) groups is 1. The van der Waals surface area contributed by atoms with Crippen molar-refractivity contribution in [3.63, 3.8) is 0 Å². The standard InChI is InChI=1S/C19H15O5P/c1-24-19(20)16-9-12-5-6-13(10-25(21,22)23)14-8-7-11-3-2-4-15(16)17(11)18(12)14/h2-9H,10H2,1H3,(H2,21,22,23). The van der Waals surface area contributed by atoms with Crippen molar-refractivity contribution in [1.82, 2.24) is 0 Å². The smallest absolute Gasteiger partial charge is 0.338 e. The Morgan fingerprint density at radius 2 is 1.72 bits per heavy atom. The number of ether oxygens (including phenoxy) is 1. The first-order valence-corrected chi connectivity index (χ1v) is 9.51. The first-order valence-electron chi connectivity index (χ1n) is 7.71. The van der Waals surface area contributed by atoms with E-state index < -0.39 is 13.6 Å². The highest BCUT2D eigenvalue weighted by Crippen LogP contribution is 2.44. The maximum Gasteiger partial charge on any atom is 0.338 e. The van der Waals surface area contributed by atoms with Crippen LogP contribution in [-0.2, 0) is 15.5 Å².